The molecule has 0 saturated carbocycles. The molecule has 0 bridgehead atoms. The van der Waals surface area contributed by atoms with Gasteiger partial charge >= 0.3 is 6.18 Å². The zero-order valence-electron chi connectivity index (χ0n) is 22.3. The number of ketones is 1. The number of nitrogens with zero attached hydrogens (tertiary/aromatic N) is 4. The fourth-order valence-electron chi connectivity index (χ4n) is 5.70. The maximum atomic E-state index is 14.3. The van der Waals surface area contributed by atoms with Gasteiger partial charge in [-0.05, 0) is 91.6 Å². The first-order chi connectivity index (χ1) is 19.9. The number of alkyl halides is 3. The third kappa shape index (κ3) is 4.74. The van der Waals surface area contributed by atoms with Crippen LogP contribution in [0.25, 0.3) is 11.8 Å². The summed E-state index contributed by atoms with van der Waals surface area (Å²) in [5, 5.41) is 4.47. The smallest absolute Gasteiger partial charge is 0.291 e. The van der Waals surface area contributed by atoms with Gasteiger partial charge in [0.25, 0.3) is 0 Å². The third-order valence-corrected chi connectivity index (χ3v) is 9.68. The van der Waals surface area contributed by atoms with Crippen LogP contribution in [-0.4, -0.2) is 46.4 Å². The summed E-state index contributed by atoms with van der Waals surface area (Å²) in [6, 6.07) is 12.8. The van der Waals surface area contributed by atoms with Crippen molar-refractivity contribution in [1.29, 1.82) is 0 Å². The van der Waals surface area contributed by atoms with Crippen LogP contribution in [0.2, 0.25) is 0 Å². The maximum Gasteiger partial charge on any atom is 0.416 e. The number of sulfonamides is 1. The topological polar surface area (TPSA) is 85.2 Å². The second kappa shape index (κ2) is 9.99. The third-order valence-electron chi connectivity index (χ3n) is 7.83. The minimum Gasteiger partial charge on any atom is -0.291 e. The first-order valence-electron chi connectivity index (χ1n) is 13.1. The number of hydrogen-bond donors (Lipinski definition) is 0. The number of carbonyl (C=O) groups excluding carboxylic acids is 1. The summed E-state index contributed by atoms with van der Waals surface area (Å²) in [5.74, 6) is -0.788. The quantitative estimate of drug-likeness (QED) is 0.220. The van der Waals surface area contributed by atoms with E-state index in [1.807, 2.05) is 13.0 Å². The Bertz CT molecular complexity index is 1850. The van der Waals surface area contributed by atoms with Gasteiger partial charge in [0, 0.05) is 19.3 Å². The first kappa shape index (κ1) is 28.0. The van der Waals surface area contributed by atoms with Crippen LogP contribution >= 0.6 is 0 Å². The van der Waals surface area contributed by atoms with Crippen molar-refractivity contribution in [2.45, 2.75) is 30.8 Å². The maximum absolute atomic E-state index is 14.3. The number of hydrogen-bond acceptors (Lipinski definition) is 5. The number of pyridine rings is 1. The molecular formula is C30H24F4N4O3S. The summed E-state index contributed by atoms with van der Waals surface area (Å²) in [5.41, 5.74) is 1.15. The zero-order chi connectivity index (χ0) is 29.9. The average Bonchev–Trinajstić information content (AvgIpc) is 3.37. The van der Waals surface area contributed by atoms with Crippen molar-refractivity contribution in [2.75, 3.05) is 13.1 Å². The number of fused-ring (bicyclic) bond motifs is 2. The Balaban J connectivity index is 1.45. The van der Waals surface area contributed by atoms with Gasteiger partial charge in [-0.1, -0.05) is 11.6 Å². The molecule has 0 N–H and O–H groups in total. The van der Waals surface area contributed by atoms with Gasteiger partial charge in [0.2, 0.25) is 10.0 Å². The van der Waals surface area contributed by atoms with Crippen LogP contribution in [0.4, 0.5) is 17.6 Å². The number of aromatic nitrogens is 3. The lowest BCUT2D eigenvalue weighted by Crippen LogP contribution is -2.53. The average molecular weight is 597 g/mol. The van der Waals surface area contributed by atoms with Crippen molar-refractivity contribution >= 4 is 21.9 Å². The van der Waals surface area contributed by atoms with Crippen molar-refractivity contribution in [3.8, 4) is 5.69 Å². The summed E-state index contributed by atoms with van der Waals surface area (Å²) < 4.78 is 83.9. The molecule has 1 aliphatic heterocycles. The van der Waals surface area contributed by atoms with Crippen LogP contribution < -0.4 is 0 Å². The summed E-state index contributed by atoms with van der Waals surface area (Å²) in [6.45, 7) is 1.48. The van der Waals surface area contributed by atoms with Gasteiger partial charge in [-0.2, -0.15) is 22.6 Å². The molecule has 42 heavy (non-hydrogen) atoms. The molecule has 1 aliphatic carbocycles. The summed E-state index contributed by atoms with van der Waals surface area (Å²) in [4.78, 5) is 18.1. The summed E-state index contributed by atoms with van der Waals surface area (Å²) in [6.07, 6.45) is 0.440. The molecule has 2 aromatic carbocycles. The molecular weight excluding hydrogens is 572 g/mol. The van der Waals surface area contributed by atoms with Gasteiger partial charge in [0.15, 0.2) is 5.78 Å². The van der Waals surface area contributed by atoms with E-state index in [4.69, 9.17) is 0 Å². The molecule has 0 radical (unpaired) electrons. The monoisotopic (exact) mass is 596 g/mol. The molecule has 3 heterocycles. The van der Waals surface area contributed by atoms with Crippen molar-refractivity contribution in [3.63, 3.8) is 0 Å². The van der Waals surface area contributed by atoms with Crippen molar-refractivity contribution in [2.24, 2.45) is 5.41 Å². The van der Waals surface area contributed by atoms with Crippen molar-refractivity contribution < 1.29 is 30.8 Å². The van der Waals surface area contributed by atoms with Crippen LogP contribution in [0.3, 0.4) is 0 Å². The Morgan fingerprint density at radius 3 is 2.52 bits per heavy atom. The van der Waals surface area contributed by atoms with Crippen molar-refractivity contribution in [1.82, 2.24) is 19.1 Å². The minimum absolute atomic E-state index is 0.0410. The fraction of sp³-hybridized carbons (Fsp3) is 0.233. The van der Waals surface area contributed by atoms with E-state index in [9.17, 15) is 30.8 Å². The fourth-order valence-corrected chi connectivity index (χ4v) is 7.24. The van der Waals surface area contributed by atoms with Crippen LogP contribution in [0.5, 0.6) is 0 Å². The van der Waals surface area contributed by atoms with Gasteiger partial charge in [-0.3, -0.25) is 9.78 Å². The van der Waals surface area contributed by atoms with Gasteiger partial charge in [0.05, 0.1) is 33.5 Å². The molecule has 7 nitrogen and oxygen atoms in total. The molecule has 12 heteroatoms. The van der Waals surface area contributed by atoms with E-state index in [1.54, 1.807) is 35.1 Å². The lowest BCUT2D eigenvalue weighted by molar-refractivity contribution is -0.137. The Labute approximate surface area is 239 Å². The Hall–Kier alpha value is -4.16. The Morgan fingerprint density at radius 2 is 1.81 bits per heavy atom. The molecule has 4 aromatic rings. The van der Waals surface area contributed by atoms with E-state index < -0.39 is 37.9 Å². The summed E-state index contributed by atoms with van der Waals surface area (Å²) in [7, 11) is -4.40. The number of Topliss-reactive ketones (excluding diaryl/α,β-unsaturated/α-hetero) is 1. The number of carbonyl (C=O) groups is 1. The van der Waals surface area contributed by atoms with Gasteiger partial charge in [0.1, 0.15) is 11.5 Å². The van der Waals surface area contributed by atoms with E-state index >= 15 is 0 Å². The lowest BCUT2D eigenvalue weighted by atomic mass is 9.65. The normalized spacial score (nSPS) is 19.1. The molecule has 2 aromatic heterocycles. The predicted octanol–water partition coefficient (Wildman–Crippen LogP) is 5.64. The second-order valence-corrected chi connectivity index (χ2v) is 12.5. The highest BCUT2D eigenvalue weighted by Gasteiger charge is 2.51. The number of piperidine rings is 1. The zero-order valence-corrected chi connectivity index (χ0v) is 23.1. The van der Waals surface area contributed by atoms with Crippen molar-refractivity contribution in [3.05, 3.63) is 113 Å². The molecule has 6 rings (SSSR count). The molecule has 1 fully saturated rings. The molecule has 1 saturated heterocycles. The first-order valence-corrected chi connectivity index (χ1v) is 14.5. The van der Waals surface area contributed by atoms with E-state index in [0.717, 1.165) is 28.1 Å². The molecule has 0 unspecified atom stereocenters. The van der Waals surface area contributed by atoms with E-state index in [-0.39, 0.29) is 37.4 Å². The standard InChI is InChI=1S/C30H24F4N4O3S/c1-19-9-11-35-26(13-19)28(39)29-16-20-17-36-38(24-7-5-23(31)6-8-24)27(20)15-21(29)10-12-37(18-29)42(40,41)25-4-2-3-22(14-25)30(32,33)34/h2-9,11,13-15,17H,10,12,16,18H2,1H3/t29-/m0/s1. The highest BCUT2D eigenvalue weighted by atomic mass is 32.2. The Morgan fingerprint density at radius 1 is 1.05 bits per heavy atom. The highest BCUT2D eigenvalue weighted by molar-refractivity contribution is 7.89. The van der Waals surface area contributed by atoms with Crippen LogP contribution in [-0.2, 0) is 22.6 Å². The van der Waals surface area contributed by atoms with Crippen LogP contribution in [0, 0.1) is 18.2 Å². The van der Waals surface area contributed by atoms with E-state index in [0.29, 0.717) is 28.6 Å². The minimum atomic E-state index is -4.72. The highest BCUT2D eigenvalue weighted by Crippen LogP contribution is 2.47. The van der Waals surface area contributed by atoms with Gasteiger partial charge in [-0.15, -0.1) is 0 Å². The number of aryl methyl sites for hydroxylation is 1. The molecule has 2 aliphatic rings. The molecule has 216 valence electrons. The second-order valence-electron chi connectivity index (χ2n) is 10.5. The van der Waals surface area contributed by atoms with Gasteiger partial charge < -0.3 is 0 Å². The van der Waals surface area contributed by atoms with Gasteiger partial charge in [-0.25, -0.2) is 17.5 Å². The molecule has 0 amide bonds. The number of halogens is 4. The predicted molar refractivity (Wildman–Crippen MR) is 146 cm³/mol. The number of rotatable bonds is 5. The lowest BCUT2D eigenvalue weighted by Gasteiger charge is -2.44. The van der Waals surface area contributed by atoms with E-state index in [1.165, 1.54) is 18.3 Å². The largest absolute Gasteiger partial charge is 0.416 e. The van der Waals surface area contributed by atoms with E-state index in [2.05, 4.69) is 10.1 Å². The SMILES string of the molecule is Cc1ccnc(C(=O)[C@]23Cc4cnn(-c5ccc(F)cc5)c4C=C2CCN(S(=O)(=O)c2cccc(C(F)(F)F)c2)C3)c1. The van der Waals surface area contributed by atoms with Crippen LogP contribution in [0.15, 0.2) is 83.5 Å². The molecule has 1 atom stereocenters. The number of benzene rings is 2. The Kier molecular flexibility index (Phi) is 6.65. The van der Waals surface area contributed by atoms with Crippen LogP contribution in [0.1, 0.15) is 39.3 Å². The molecule has 0 spiro atoms. The summed E-state index contributed by atoms with van der Waals surface area (Å²) >= 11 is 0.